The number of carbonyl (C=O) groups excluding carboxylic acids is 3. The summed E-state index contributed by atoms with van der Waals surface area (Å²) < 4.78 is 4.39. The number of primary amides is 1. The van der Waals surface area contributed by atoms with E-state index in [0.717, 1.165) is 0 Å². The van der Waals surface area contributed by atoms with Crippen LogP contribution in [0.4, 0.5) is 4.79 Å². The van der Waals surface area contributed by atoms with Crippen molar-refractivity contribution >= 4 is 23.9 Å². The molecule has 0 aromatic heterocycles. The molecule has 0 heterocycles. The van der Waals surface area contributed by atoms with Gasteiger partial charge in [-0.3, -0.25) is 9.59 Å². The Labute approximate surface area is 122 Å². The Balaban J connectivity index is 4.57. The molecule has 21 heavy (non-hydrogen) atoms. The average Bonchev–Trinajstić information content (AvgIpc) is 2.39. The molecule has 0 spiro atoms. The van der Waals surface area contributed by atoms with Crippen molar-refractivity contribution in [3.63, 3.8) is 0 Å². The fraction of sp³-hybridized carbons (Fsp3) is 0.667. The van der Waals surface area contributed by atoms with E-state index in [2.05, 4.69) is 15.4 Å². The summed E-state index contributed by atoms with van der Waals surface area (Å²) in [7, 11) is 1.18. The number of hydrogen-bond acceptors (Lipinski definition) is 5. The number of aliphatic carboxylic acids is 1. The number of nitrogens with one attached hydrogen (secondary N) is 2. The molecular weight excluding hydrogens is 282 g/mol. The van der Waals surface area contributed by atoms with Gasteiger partial charge in [-0.2, -0.15) is 0 Å². The van der Waals surface area contributed by atoms with Gasteiger partial charge < -0.3 is 26.2 Å². The molecule has 0 saturated heterocycles. The molecular formula is C12H21N3O6. The minimum atomic E-state index is -1.30. The number of esters is 1. The highest BCUT2D eigenvalue weighted by atomic mass is 16.5. The van der Waals surface area contributed by atoms with Gasteiger partial charge in [0.15, 0.2) is 0 Å². The van der Waals surface area contributed by atoms with Gasteiger partial charge in [0.2, 0.25) is 5.91 Å². The first kappa shape index (κ1) is 18.7. The maximum Gasteiger partial charge on any atom is 0.326 e. The van der Waals surface area contributed by atoms with Gasteiger partial charge in [0.25, 0.3) is 0 Å². The zero-order chi connectivity index (χ0) is 16.6. The molecule has 0 rings (SSSR count). The monoisotopic (exact) mass is 303 g/mol. The summed E-state index contributed by atoms with van der Waals surface area (Å²) in [6, 6.07) is -3.03. The van der Waals surface area contributed by atoms with Gasteiger partial charge in [-0.05, 0) is 12.3 Å². The summed E-state index contributed by atoms with van der Waals surface area (Å²) in [5.41, 5.74) is 5.13. The van der Waals surface area contributed by atoms with Crippen LogP contribution in [-0.2, 0) is 19.1 Å². The minimum absolute atomic E-state index is 0.127. The fourth-order valence-electron chi connectivity index (χ4n) is 1.53. The van der Waals surface area contributed by atoms with Crippen molar-refractivity contribution in [1.82, 2.24) is 10.6 Å². The summed E-state index contributed by atoms with van der Waals surface area (Å²) in [5.74, 6) is -2.84. The first-order valence-corrected chi connectivity index (χ1v) is 6.35. The van der Waals surface area contributed by atoms with E-state index in [4.69, 9.17) is 10.8 Å². The van der Waals surface area contributed by atoms with Crippen LogP contribution < -0.4 is 16.4 Å². The van der Waals surface area contributed by atoms with Crippen LogP contribution in [-0.4, -0.2) is 48.2 Å². The molecule has 0 radical (unpaired) electrons. The molecule has 0 aromatic rings. The third-order valence-corrected chi connectivity index (χ3v) is 2.73. The maximum atomic E-state index is 11.7. The molecule has 0 aliphatic heterocycles. The largest absolute Gasteiger partial charge is 0.480 e. The highest BCUT2D eigenvalue weighted by Gasteiger charge is 2.25. The van der Waals surface area contributed by atoms with Crippen molar-refractivity contribution in [3.05, 3.63) is 0 Å². The number of carboxylic acids is 1. The number of rotatable bonds is 8. The van der Waals surface area contributed by atoms with Crippen LogP contribution in [0.3, 0.4) is 0 Å². The minimum Gasteiger partial charge on any atom is -0.480 e. The number of nitrogens with two attached hydrogens (primary N) is 1. The second kappa shape index (κ2) is 8.77. The van der Waals surface area contributed by atoms with Gasteiger partial charge in [0, 0.05) is 6.42 Å². The first-order chi connectivity index (χ1) is 9.68. The molecule has 2 atom stereocenters. The Morgan fingerprint density at radius 3 is 2.14 bits per heavy atom. The molecule has 3 amide bonds. The normalized spacial score (nSPS) is 13.1. The van der Waals surface area contributed by atoms with E-state index in [1.807, 2.05) is 0 Å². The molecule has 9 heteroatoms. The SMILES string of the molecule is COC(=O)CC[C@H](NC(=O)NC(C(N)=O)C(C)C)C(=O)O. The van der Waals surface area contributed by atoms with Crippen LogP contribution in [0.25, 0.3) is 0 Å². The number of methoxy groups -OCH3 is 1. The van der Waals surface area contributed by atoms with Crippen LogP contribution in [0.15, 0.2) is 0 Å². The summed E-state index contributed by atoms with van der Waals surface area (Å²) in [4.78, 5) is 44.8. The van der Waals surface area contributed by atoms with E-state index in [1.54, 1.807) is 13.8 Å². The van der Waals surface area contributed by atoms with E-state index in [1.165, 1.54) is 7.11 Å². The van der Waals surface area contributed by atoms with E-state index in [-0.39, 0.29) is 18.8 Å². The Bertz CT molecular complexity index is 410. The molecule has 0 fully saturated rings. The zero-order valence-electron chi connectivity index (χ0n) is 12.2. The summed E-state index contributed by atoms with van der Waals surface area (Å²) in [6.07, 6.45) is -0.282. The first-order valence-electron chi connectivity index (χ1n) is 6.35. The van der Waals surface area contributed by atoms with Crippen molar-refractivity contribution in [3.8, 4) is 0 Å². The lowest BCUT2D eigenvalue weighted by molar-refractivity contribution is -0.142. The molecule has 5 N–H and O–H groups in total. The highest BCUT2D eigenvalue weighted by Crippen LogP contribution is 2.02. The molecule has 0 bridgehead atoms. The van der Waals surface area contributed by atoms with Crippen LogP contribution in [0.2, 0.25) is 0 Å². The van der Waals surface area contributed by atoms with E-state index < -0.39 is 36.0 Å². The molecule has 0 aromatic carbocycles. The predicted octanol–water partition coefficient (Wildman–Crippen LogP) is -0.798. The fourth-order valence-corrected chi connectivity index (χ4v) is 1.53. The van der Waals surface area contributed by atoms with Gasteiger partial charge in [-0.25, -0.2) is 9.59 Å². The van der Waals surface area contributed by atoms with Crippen molar-refractivity contribution < 1.29 is 29.0 Å². The summed E-state index contributed by atoms with van der Waals surface area (Å²) in [5, 5.41) is 13.4. The van der Waals surface area contributed by atoms with Gasteiger partial charge in [-0.1, -0.05) is 13.8 Å². The van der Waals surface area contributed by atoms with Gasteiger partial charge >= 0.3 is 18.0 Å². The zero-order valence-corrected chi connectivity index (χ0v) is 12.2. The molecule has 1 unspecified atom stereocenters. The number of urea groups is 1. The number of hydrogen-bond donors (Lipinski definition) is 4. The topological polar surface area (TPSA) is 148 Å². The van der Waals surface area contributed by atoms with Crippen molar-refractivity contribution in [1.29, 1.82) is 0 Å². The number of ether oxygens (including phenoxy) is 1. The highest BCUT2D eigenvalue weighted by molar-refractivity contribution is 5.88. The van der Waals surface area contributed by atoms with Crippen molar-refractivity contribution in [2.24, 2.45) is 11.7 Å². The summed E-state index contributed by atoms with van der Waals surface area (Å²) >= 11 is 0. The molecule has 0 saturated carbocycles. The van der Waals surface area contributed by atoms with Gasteiger partial charge in [0.05, 0.1) is 7.11 Å². The summed E-state index contributed by atoms with van der Waals surface area (Å²) in [6.45, 7) is 3.36. The number of carboxylic acid groups (broad SMARTS) is 1. The Morgan fingerprint density at radius 1 is 1.19 bits per heavy atom. The van der Waals surface area contributed by atoms with E-state index in [0.29, 0.717) is 0 Å². The average molecular weight is 303 g/mol. The smallest absolute Gasteiger partial charge is 0.326 e. The predicted molar refractivity (Wildman–Crippen MR) is 72.2 cm³/mol. The third kappa shape index (κ3) is 7.14. The lowest BCUT2D eigenvalue weighted by Gasteiger charge is -2.21. The third-order valence-electron chi connectivity index (χ3n) is 2.73. The quantitative estimate of drug-likeness (QED) is 0.431. The maximum absolute atomic E-state index is 11.7. The van der Waals surface area contributed by atoms with Crippen LogP contribution in [0.5, 0.6) is 0 Å². The molecule has 120 valence electrons. The van der Waals surface area contributed by atoms with Crippen molar-refractivity contribution in [2.75, 3.05) is 7.11 Å². The lowest BCUT2D eigenvalue weighted by Crippen LogP contribution is -2.54. The Kier molecular flexibility index (Phi) is 7.80. The molecule has 0 aliphatic rings. The number of amides is 3. The Hall–Kier alpha value is -2.32. The lowest BCUT2D eigenvalue weighted by atomic mass is 10.0. The van der Waals surface area contributed by atoms with E-state index >= 15 is 0 Å². The molecule has 0 aliphatic carbocycles. The van der Waals surface area contributed by atoms with Gasteiger partial charge in [0.1, 0.15) is 12.1 Å². The molecule has 9 nitrogen and oxygen atoms in total. The van der Waals surface area contributed by atoms with Crippen molar-refractivity contribution in [2.45, 2.75) is 38.8 Å². The van der Waals surface area contributed by atoms with Crippen LogP contribution in [0, 0.1) is 5.92 Å². The van der Waals surface area contributed by atoms with Crippen LogP contribution in [0.1, 0.15) is 26.7 Å². The second-order valence-electron chi connectivity index (χ2n) is 4.75. The van der Waals surface area contributed by atoms with Gasteiger partial charge in [-0.15, -0.1) is 0 Å². The number of carbonyl (C=O) groups is 4. The van der Waals surface area contributed by atoms with Crippen LogP contribution >= 0.6 is 0 Å². The van der Waals surface area contributed by atoms with E-state index in [9.17, 15) is 19.2 Å². The standard InChI is InChI=1S/C12H21N3O6/c1-6(2)9(10(13)17)15-12(20)14-7(11(18)19)4-5-8(16)21-3/h6-7,9H,4-5H2,1-3H3,(H2,13,17)(H,18,19)(H2,14,15,20)/t7-,9?/m0/s1. The second-order valence-corrected chi connectivity index (χ2v) is 4.75. The Morgan fingerprint density at radius 2 is 1.76 bits per heavy atom.